The maximum atomic E-state index is 11.0. The molecule has 0 rings (SSSR count). The van der Waals surface area contributed by atoms with Crippen LogP contribution < -0.4 is 0 Å². The summed E-state index contributed by atoms with van der Waals surface area (Å²) in [6, 6.07) is 1.87. The minimum absolute atomic E-state index is 0.0860. The van der Waals surface area contributed by atoms with Crippen LogP contribution >= 0.6 is 7.60 Å². The van der Waals surface area contributed by atoms with Gasteiger partial charge in [-0.3, -0.25) is 4.57 Å². The molecule has 0 saturated heterocycles. The molecule has 0 radical (unpaired) electrons. The van der Waals surface area contributed by atoms with Crippen LogP contribution in [-0.4, -0.2) is 17.7 Å². The fraction of sp³-hybridized carbons (Fsp3) is 0.833. The van der Waals surface area contributed by atoms with Gasteiger partial charge in [0.25, 0.3) is 0 Å². The van der Waals surface area contributed by atoms with Crippen LogP contribution in [0.1, 0.15) is 13.8 Å². The lowest BCUT2D eigenvalue weighted by Crippen LogP contribution is -2.02. The van der Waals surface area contributed by atoms with Crippen LogP contribution in [0.5, 0.6) is 0 Å². The molecule has 5 heteroatoms. The van der Waals surface area contributed by atoms with Gasteiger partial charge in [0.15, 0.2) is 0 Å². The Hall–Kier alpha value is -0.360. The highest BCUT2D eigenvalue weighted by Gasteiger charge is 2.21. The van der Waals surface area contributed by atoms with Crippen LogP contribution in [0.3, 0.4) is 0 Å². The van der Waals surface area contributed by atoms with Crippen molar-refractivity contribution in [3.8, 4) is 6.07 Å². The molecule has 11 heavy (non-hydrogen) atoms. The lowest BCUT2D eigenvalue weighted by atomic mass is 10.3. The first-order valence-corrected chi connectivity index (χ1v) is 5.14. The third-order valence-corrected chi connectivity index (χ3v) is 2.73. The predicted octanol–water partition coefficient (Wildman–Crippen LogP) is 1.37. The SMILES string of the molecule is CCOP(=O)(O)CC(C)C#N. The zero-order valence-electron chi connectivity index (χ0n) is 6.65. The molecule has 0 aromatic rings. The molecular formula is C6H12NO3P. The van der Waals surface area contributed by atoms with Crippen molar-refractivity contribution >= 4 is 7.60 Å². The quantitative estimate of drug-likeness (QED) is 0.658. The summed E-state index contributed by atoms with van der Waals surface area (Å²) in [7, 11) is -3.49. The predicted molar refractivity (Wildman–Crippen MR) is 41.1 cm³/mol. The van der Waals surface area contributed by atoms with E-state index in [0.29, 0.717) is 0 Å². The van der Waals surface area contributed by atoms with Crippen LogP contribution in [0.25, 0.3) is 0 Å². The maximum Gasteiger partial charge on any atom is 0.329 e. The lowest BCUT2D eigenvalue weighted by Gasteiger charge is -2.10. The van der Waals surface area contributed by atoms with Crippen molar-refractivity contribution in [1.29, 1.82) is 5.26 Å². The van der Waals surface area contributed by atoms with Gasteiger partial charge >= 0.3 is 7.60 Å². The van der Waals surface area contributed by atoms with Crippen molar-refractivity contribution < 1.29 is 14.0 Å². The van der Waals surface area contributed by atoms with Crippen molar-refractivity contribution in [3.63, 3.8) is 0 Å². The fourth-order valence-electron chi connectivity index (χ4n) is 0.641. The smallest absolute Gasteiger partial charge is 0.324 e. The zero-order valence-corrected chi connectivity index (χ0v) is 7.54. The largest absolute Gasteiger partial charge is 0.329 e. The summed E-state index contributed by atoms with van der Waals surface area (Å²) in [6.45, 7) is 3.42. The minimum Gasteiger partial charge on any atom is -0.324 e. The Morgan fingerprint density at radius 1 is 1.82 bits per heavy atom. The van der Waals surface area contributed by atoms with Gasteiger partial charge in [0, 0.05) is 0 Å². The Morgan fingerprint density at radius 3 is 2.73 bits per heavy atom. The molecule has 2 atom stereocenters. The van der Waals surface area contributed by atoms with Crippen molar-refractivity contribution in [2.24, 2.45) is 5.92 Å². The molecule has 0 aromatic carbocycles. The molecule has 0 heterocycles. The highest BCUT2D eigenvalue weighted by atomic mass is 31.2. The van der Waals surface area contributed by atoms with Gasteiger partial charge in [-0.05, 0) is 13.8 Å². The summed E-state index contributed by atoms with van der Waals surface area (Å²) in [5, 5.41) is 8.33. The van der Waals surface area contributed by atoms with E-state index in [4.69, 9.17) is 10.2 Å². The average molecular weight is 177 g/mol. The van der Waals surface area contributed by atoms with E-state index in [1.165, 1.54) is 0 Å². The van der Waals surface area contributed by atoms with Gasteiger partial charge in [0.1, 0.15) is 0 Å². The molecule has 0 aliphatic carbocycles. The summed E-state index contributed by atoms with van der Waals surface area (Å²) < 4.78 is 15.5. The number of hydrogen-bond donors (Lipinski definition) is 1. The van der Waals surface area contributed by atoms with Crippen molar-refractivity contribution in [2.75, 3.05) is 12.8 Å². The summed E-state index contributed by atoms with van der Waals surface area (Å²) in [5.74, 6) is -0.433. The molecule has 0 saturated carbocycles. The van der Waals surface area contributed by atoms with Gasteiger partial charge < -0.3 is 9.42 Å². The van der Waals surface area contributed by atoms with Gasteiger partial charge in [0.2, 0.25) is 0 Å². The van der Waals surface area contributed by atoms with E-state index < -0.39 is 13.5 Å². The molecule has 0 spiro atoms. The molecule has 0 fully saturated rings. The molecule has 0 aliphatic heterocycles. The van der Waals surface area contributed by atoms with E-state index in [0.717, 1.165) is 0 Å². The van der Waals surface area contributed by atoms with E-state index in [1.807, 2.05) is 6.07 Å². The molecule has 2 unspecified atom stereocenters. The third-order valence-electron chi connectivity index (χ3n) is 1.06. The molecule has 64 valence electrons. The van der Waals surface area contributed by atoms with Crippen molar-refractivity contribution in [3.05, 3.63) is 0 Å². The fourth-order valence-corrected chi connectivity index (χ4v) is 1.92. The van der Waals surface area contributed by atoms with Crippen molar-refractivity contribution in [1.82, 2.24) is 0 Å². The molecule has 4 nitrogen and oxygen atoms in total. The number of hydrogen-bond acceptors (Lipinski definition) is 3. The van der Waals surface area contributed by atoms with Gasteiger partial charge in [-0.1, -0.05) is 0 Å². The number of nitriles is 1. The van der Waals surface area contributed by atoms with E-state index >= 15 is 0 Å². The van der Waals surface area contributed by atoms with E-state index in [2.05, 4.69) is 4.52 Å². The highest BCUT2D eigenvalue weighted by Crippen LogP contribution is 2.43. The topological polar surface area (TPSA) is 70.3 Å². The Labute approximate surface area is 66.3 Å². The standard InChI is InChI=1S/C6H12NO3P/c1-3-10-11(8,9)5-6(2)4-7/h6H,3,5H2,1-2H3,(H,8,9). The maximum absolute atomic E-state index is 11.0. The van der Waals surface area contributed by atoms with E-state index in [-0.39, 0.29) is 12.8 Å². The van der Waals surface area contributed by atoms with Crippen LogP contribution in [0, 0.1) is 17.2 Å². The summed E-state index contributed by atoms with van der Waals surface area (Å²) in [6.07, 6.45) is -0.0860. The van der Waals surface area contributed by atoms with Crippen LogP contribution in [0.15, 0.2) is 0 Å². The van der Waals surface area contributed by atoms with Crippen molar-refractivity contribution in [2.45, 2.75) is 13.8 Å². The average Bonchev–Trinajstić information content (AvgIpc) is 1.86. The van der Waals surface area contributed by atoms with Gasteiger partial charge in [-0.15, -0.1) is 0 Å². The Kier molecular flexibility index (Phi) is 4.36. The first kappa shape index (κ1) is 10.6. The number of rotatable bonds is 4. The van der Waals surface area contributed by atoms with Crippen LogP contribution in [0.4, 0.5) is 0 Å². The minimum atomic E-state index is -3.49. The second kappa shape index (κ2) is 4.50. The second-order valence-corrected chi connectivity index (χ2v) is 4.17. The molecular weight excluding hydrogens is 165 g/mol. The monoisotopic (exact) mass is 177 g/mol. The zero-order chi connectivity index (χ0) is 8.91. The second-order valence-electron chi connectivity index (χ2n) is 2.27. The Bertz CT molecular complexity index is 198. The highest BCUT2D eigenvalue weighted by molar-refractivity contribution is 7.52. The van der Waals surface area contributed by atoms with Crippen LogP contribution in [0.2, 0.25) is 0 Å². The normalized spacial score (nSPS) is 18.4. The Balaban J connectivity index is 3.93. The molecule has 0 aliphatic rings. The first-order chi connectivity index (χ1) is 5.02. The summed E-state index contributed by atoms with van der Waals surface area (Å²) in [4.78, 5) is 9.00. The lowest BCUT2D eigenvalue weighted by molar-refractivity contribution is 0.271. The van der Waals surface area contributed by atoms with E-state index in [1.54, 1.807) is 13.8 Å². The van der Waals surface area contributed by atoms with E-state index in [9.17, 15) is 4.57 Å². The molecule has 0 bridgehead atoms. The number of nitrogens with zero attached hydrogens (tertiary/aromatic N) is 1. The third kappa shape index (κ3) is 4.97. The first-order valence-electron chi connectivity index (χ1n) is 3.38. The van der Waals surface area contributed by atoms with Gasteiger partial charge in [0.05, 0.1) is 24.8 Å². The molecule has 0 aromatic heterocycles. The van der Waals surface area contributed by atoms with Gasteiger partial charge in [-0.25, -0.2) is 0 Å². The van der Waals surface area contributed by atoms with Crippen LogP contribution in [-0.2, 0) is 9.09 Å². The van der Waals surface area contributed by atoms with Gasteiger partial charge in [-0.2, -0.15) is 5.26 Å². The summed E-state index contributed by atoms with van der Waals surface area (Å²) >= 11 is 0. The molecule has 1 N–H and O–H groups in total. The summed E-state index contributed by atoms with van der Waals surface area (Å²) in [5.41, 5.74) is 0. The molecule has 0 amide bonds. The Morgan fingerprint density at radius 2 is 2.36 bits per heavy atom.